The van der Waals surface area contributed by atoms with Gasteiger partial charge in [0.05, 0.1) is 24.0 Å². The van der Waals surface area contributed by atoms with E-state index in [0.29, 0.717) is 31.2 Å². The summed E-state index contributed by atoms with van der Waals surface area (Å²) in [5, 5.41) is 0. The number of likely N-dealkylation sites (N-methyl/N-ethyl adjacent to an activating group) is 1. The number of nitrogens with zero attached hydrogens (tertiary/aromatic N) is 2. The predicted molar refractivity (Wildman–Crippen MR) is 126 cm³/mol. The van der Waals surface area contributed by atoms with Gasteiger partial charge in [-0.1, -0.05) is 6.92 Å². The molecule has 2 aliphatic rings. The molecule has 2 amide bonds. The number of ether oxygens (including phenoxy) is 2. The summed E-state index contributed by atoms with van der Waals surface area (Å²) >= 11 is 0. The number of amides is 2. The molecule has 1 saturated carbocycles. The molecule has 0 spiro atoms. The summed E-state index contributed by atoms with van der Waals surface area (Å²) in [5.41, 5.74) is 0.525. The Morgan fingerprint density at radius 2 is 1.94 bits per heavy atom. The third-order valence-corrected chi connectivity index (χ3v) is 6.83. The van der Waals surface area contributed by atoms with E-state index in [9.17, 15) is 18.0 Å². The van der Waals surface area contributed by atoms with Crippen LogP contribution in [0.1, 0.15) is 43.5 Å². The number of carbonyl (C=O) groups excluding carboxylic acids is 2. The summed E-state index contributed by atoms with van der Waals surface area (Å²) in [6.07, 6.45) is 3.53. The molecule has 0 unspecified atom stereocenters. The maximum atomic E-state index is 13.3. The molecule has 184 valence electrons. The molecule has 0 radical (unpaired) electrons. The third kappa shape index (κ3) is 6.83. The van der Waals surface area contributed by atoms with Gasteiger partial charge in [-0.3, -0.25) is 14.3 Å². The smallest absolute Gasteiger partial charge is 0.257 e. The maximum absolute atomic E-state index is 13.3. The molecule has 1 aliphatic carbocycles. The topological polar surface area (TPSA) is 105 Å². The summed E-state index contributed by atoms with van der Waals surface area (Å²) < 4.78 is 37.5. The van der Waals surface area contributed by atoms with Crippen molar-refractivity contribution in [2.24, 2.45) is 11.8 Å². The Morgan fingerprint density at radius 3 is 2.55 bits per heavy atom. The molecule has 1 aromatic carbocycles. The summed E-state index contributed by atoms with van der Waals surface area (Å²) in [5.74, 6) is 0.629. The molecule has 1 N–H and O–H groups in total. The van der Waals surface area contributed by atoms with E-state index in [1.54, 1.807) is 31.2 Å². The standard InChI is InChI=1S/C23H35N3O6S/c1-15-12-26(22(27)10-17-6-7-17)16(2)14-32-20-9-8-18(24-33(5,29)30)11-19(20)23(28)25(3)13-21(15)31-4/h8-9,11,15-17,21,24H,6-7,10,12-14H2,1-5H3/t15-,16+,21+/m1/s1. The fraction of sp³-hybridized carbons (Fsp3) is 0.652. The van der Waals surface area contributed by atoms with Gasteiger partial charge in [-0.15, -0.1) is 0 Å². The molecular formula is C23H35N3O6S. The highest BCUT2D eigenvalue weighted by Crippen LogP contribution is 2.33. The van der Waals surface area contributed by atoms with Crippen LogP contribution in [0, 0.1) is 11.8 Å². The zero-order valence-electron chi connectivity index (χ0n) is 20.0. The van der Waals surface area contributed by atoms with Crippen LogP contribution in [0.25, 0.3) is 0 Å². The van der Waals surface area contributed by atoms with Gasteiger partial charge < -0.3 is 19.3 Å². The molecule has 1 aromatic rings. The first-order valence-electron chi connectivity index (χ1n) is 11.3. The zero-order chi connectivity index (χ0) is 24.3. The van der Waals surface area contributed by atoms with Gasteiger partial charge in [0, 0.05) is 45.3 Å². The number of nitrogens with one attached hydrogen (secondary N) is 1. The quantitative estimate of drug-likeness (QED) is 0.691. The molecule has 0 bridgehead atoms. The van der Waals surface area contributed by atoms with Gasteiger partial charge >= 0.3 is 0 Å². The Morgan fingerprint density at radius 1 is 1.24 bits per heavy atom. The predicted octanol–water partition coefficient (Wildman–Crippen LogP) is 2.19. The number of anilines is 1. The molecule has 10 heteroatoms. The van der Waals surface area contributed by atoms with Crippen LogP contribution >= 0.6 is 0 Å². The van der Waals surface area contributed by atoms with Crippen LogP contribution in [0.15, 0.2) is 18.2 Å². The molecule has 0 aromatic heterocycles. The Balaban J connectivity index is 1.94. The second-order valence-electron chi connectivity index (χ2n) is 9.38. The van der Waals surface area contributed by atoms with E-state index in [-0.39, 0.29) is 47.7 Å². The minimum Gasteiger partial charge on any atom is -0.491 e. The molecule has 33 heavy (non-hydrogen) atoms. The van der Waals surface area contributed by atoms with Crippen LogP contribution in [-0.4, -0.2) is 82.3 Å². The van der Waals surface area contributed by atoms with Gasteiger partial charge in [0.2, 0.25) is 15.9 Å². The SMILES string of the molecule is CO[C@H]1CN(C)C(=O)c2cc(NS(C)(=O)=O)ccc2OC[C@H](C)N(C(=O)CC2CC2)C[C@H]1C. The number of fused-ring (bicyclic) bond motifs is 1. The third-order valence-electron chi connectivity index (χ3n) is 6.23. The lowest BCUT2D eigenvalue weighted by Crippen LogP contribution is -2.48. The van der Waals surface area contributed by atoms with Gasteiger partial charge in [-0.25, -0.2) is 8.42 Å². The Kier molecular flexibility index (Phi) is 7.89. The molecule has 1 fully saturated rings. The second kappa shape index (κ2) is 10.3. The van der Waals surface area contributed by atoms with E-state index in [2.05, 4.69) is 4.72 Å². The first-order valence-corrected chi connectivity index (χ1v) is 13.2. The van der Waals surface area contributed by atoms with Crippen molar-refractivity contribution in [3.05, 3.63) is 23.8 Å². The van der Waals surface area contributed by atoms with Crippen LogP contribution in [0.5, 0.6) is 5.75 Å². The highest BCUT2D eigenvalue weighted by molar-refractivity contribution is 7.92. The number of rotatable bonds is 5. The van der Waals surface area contributed by atoms with Gasteiger partial charge in [0.25, 0.3) is 5.91 Å². The number of benzene rings is 1. The fourth-order valence-electron chi connectivity index (χ4n) is 4.09. The molecule has 9 nitrogen and oxygen atoms in total. The average Bonchev–Trinajstić information content (AvgIpc) is 3.55. The first kappa shape index (κ1) is 25.3. The lowest BCUT2D eigenvalue weighted by Gasteiger charge is -2.36. The highest BCUT2D eigenvalue weighted by Gasteiger charge is 2.33. The molecule has 0 saturated heterocycles. The van der Waals surface area contributed by atoms with Crippen molar-refractivity contribution in [2.75, 3.05) is 44.8 Å². The van der Waals surface area contributed by atoms with Crippen molar-refractivity contribution >= 4 is 27.5 Å². The van der Waals surface area contributed by atoms with Crippen LogP contribution in [-0.2, 0) is 19.6 Å². The lowest BCUT2D eigenvalue weighted by molar-refractivity contribution is -0.135. The van der Waals surface area contributed by atoms with Crippen LogP contribution in [0.2, 0.25) is 0 Å². The molecular weight excluding hydrogens is 446 g/mol. The lowest BCUT2D eigenvalue weighted by atomic mass is 10.0. The van der Waals surface area contributed by atoms with Crippen LogP contribution in [0.3, 0.4) is 0 Å². The van der Waals surface area contributed by atoms with Crippen LogP contribution in [0.4, 0.5) is 5.69 Å². The molecule has 1 heterocycles. The minimum absolute atomic E-state index is 0.00650. The first-order chi connectivity index (χ1) is 15.5. The monoisotopic (exact) mass is 481 g/mol. The van der Waals surface area contributed by atoms with E-state index >= 15 is 0 Å². The highest BCUT2D eigenvalue weighted by atomic mass is 32.2. The van der Waals surface area contributed by atoms with Gasteiger partial charge in [-0.05, 0) is 43.9 Å². The molecule has 3 atom stereocenters. The van der Waals surface area contributed by atoms with Crippen LogP contribution < -0.4 is 9.46 Å². The van der Waals surface area contributed by atoms with Crippen molar-refractivity contribution in [1.82, 2.24) is 9.80 Å². The van der Waals surface area contributed by atoms with Gasteiger partial charge in [0.15, 0.2) is 0 Å². The molecule has 3 rings (SSSR count). The van der Waals surface area contributed by atoms with E-state index in [4.69, 9.17) is 9.47 Å². The van der Waals surface area contributed by atoms with E-state index < -0.39 is 10.0 Å². The number of sulfonamides is 1. The van der Waals surface area contributed by atoms with Crippen molar-refractivity contribution in [3.8, 4) is 5.75 Å². The maximum Gasteiger partial charge on any atom is 0.257 e. The summed E-state index contributed by atoms with van der Waals surface area (Å²) in [6, 6.07) is 4.41. The Hall–Kier alpha value is -2.33. The zero-order valence-corrected chi connectivity index (χ0v) is 20.9. The number of carbonyl (C=O) groups is 2. The number of hydrogen-bond donors (Lipinski definition) is 1. The molecule has 1 aliphatic heterocycles. The average molecular weight is 482 g/mol. The summed E-state index contributed by atoms with van der Waals surface area (Å²) in [7, 11) is -0.225. The fourth-order valence-corrected chi connectivity index (χ4v) is 4.64. The normalized spacial score (nSPS) is 24.9. The Labute approximate surface area is 196 Å². The van der Waals surface area contributed by atoms with Crippen molar-refractivity contribution in [3.63, 3.8) is 0 Å². The number of hydrogen-bond acceptors (Lipinski definition) is 6. The van der Waals surface area contributed by atoms with Gasteiger partial charge in [0.1, 0.15) is 12.4 Å². The van der Waals surface area contributed by atoms with Crippen molar-refractivity contribution in [2.45, 2.75) is 45.3 Å². The Bertz CT molecular complexity index is 978. The van der Waals surface area contributed by atoms with E-state index in [1.807, 2.05) is 18.7 Å². The number of methoxy groups -OCH3 is 1. The largest absolute Gasteiger partial charge is 0.491 e. The van der Waals surface area contributed by atoms with Crippen molar-refractivity contribution in [1.29, 1.82) is 0 Å². The van der Waals surface area contributed by atoms with Gasteiger partial charge in [-0.2, -0.15) is 0 Å². The van der Waals surface area contributed by atoms with Crippen molar-refractivity contribution < 1.29 is 27.5 Å². The minimum atomic E-state index is -3.51. The second-order valence-corrected chi connectivity index (χ2v) is 11.1. The summed E-state index contributed by atoms with van der Waals surface area (Å²) in [4.78, 5) is 29.7. The van der Waals surface area contributed by atoms with E-state index in [0.717, 1.165) is 19.1 Å². The van der Waals surface area contributed by atoms with E-state index in [1.165, 1.54) is 6.07 Å². The summed E-state index contributed by atoms with van der Waals surface area (Å²) in [6.45, 7) is 5.01.